The highest BCUT2D eigenvalue weighted by atomic mass is 16.2. The van der Waals surface area contributed by atoms with Crippen LogP contribution in [0, 0.1) is 0 Å². The summed E-state index contributed by atoms with van der Waals surface area (Å²) in [7, 11) is 2.14. The van der Waals surface area contributed by atoms with Crippen molar-refractivity contribution in [3.05, 3.63) is 24.3 Å². The number of hydrogen-bond donors (Lipinski definition) is 0. The first-order chi connectivity index (χ1) is 13.0. The Balaban J connectivity index is 2.07. The van der Waals surface area contributed by atoms with Crippen LogP contribution in [0.5, 0.6) is 0 Å². The van der Waals surface area contributed by atoms with Gasteiger partial charge in [-0.2, -0.15) is 0 Å². The molecule has 6 heteroatoms. The van der Waals surface area contributed by atoms with Crippen molar-refractivity contribution in [1.82, 2.24) is 9.80 Å². The fraction of sp³-hybridized carbons (Fsp3) is 0.619. The molecule has 1 aromatic rings. The third-order valence-electron chi connectivity index (χ3n) is 5.04. The molecule has 6 nitrogen and oxygen atoms in total. The SMILES string of the molecule is CCCN(CCC)C(=O)CN(C(C)=O)c1ccc(N2CCN(C)CC2)cc1. The monoisotopic (exact) mass is 374 g/mol. The minimum absolute atomic E-state index is 0.0112. The van der Waals surface area contributed by atoms with Gasteiger partial charge in [0.05, 0.1) is 0 Å². The summed E-state index contributed by atoms with van der Waals surface area (Å²) in [6.07, 6.45) is 1.84. The zero-order valence-electron chi connectivity index (χ0n) is 17.3. The topological polar surface area (TPSA) is 47.1 Å². The van der Waals surface area contributed by atoms with E-state index >= 15 is 0 Å². The minimum Gasteiger partial charge on any atom is -0.369 e. The van der Waals surface area contributed by atoms with Crippen molar-refractivity contribution in [1.29, 1.82) is 0 Å². The molecule has 1 heterocycles. The van der Waals surface area contributed by atoms with Gasteiger partial charge in [0.15, 0.2) is 0 Å². The fourth-order valence-corrected chi connectivity index (χ4v) is 3.43. The number of piperazine rings is 1. The van der Waals surface area contributed by atoms with Crippen LogP contribution in [0.3, 0.4) is 0 Å². The van der Waals surface area contributed by atoms with E-state index in [1.54, 1.807) is 4.90 Å². The molecule has 0 unspecified atom stereocenters. The van der Waals surface area contributed by atoms with Crippen molar-refractivity contribution in [3.8, 4) is 0 Å². The van der Waals surface area contributed by atoms with E-state index in [-0.39, 0.29) is 18.4 Å². The maximum atomic E-state index is 12.7. The Morgan fingerprint density at radius 3 is 2.00 bits per heavy atom. The number of anilines is 2. The van der Waals surface area contributed by atoms with Gasteiger partial charge >= 0.3 is 0 Å². The molecule has 27 heavy (non-hydrogen) atoms. The molecular weight excluding hydrogens is 340 g/mol. The molecule has 0 spiro atoms. The maximum absolute atomic E-state index is 12.7. The first-order valence-corrected chi connectivity index (χ1v) is 10.1. The second-order valence-electron chi connectivity index (χ2n) is 7.29. The maximum Gasteiger partial charge on any atom is 0.242 e. The van der Waals surface area contributed by atoms with Gasteiger partial charge in [0.25, 0.3) is 0 Å². The van der Waals surface area contributed by atoms with Crippen LogP contribution in [-0.2, 0) is 9.59 Å². The molecule has 0 radical (unpaired) electrons. The lowest BCUT2D eigenvalue weighted by Gasteiger charge is -2.34. The van der Waals surface area contributed by atoms with E-state index in [0.717, 1.165) is 57.8 Å². The molecule has 2 rings (SSSR count). The molecule has 0 saturated carbocycles. The van der Waals surface area contributed by atoms with Crippen LogP contribution >= 0.6 is 0 Å². The van der Waals surface area contributed by atoms with E-state index < -0.39 is 0 Å². The highest BCUT2D eigenvalue weighted by Crippen LogP contribution is 2.22. The van der Waals surface area contributed by atoms with Gasteiger partial charge in [-0.3, -0.25) is 9.59 Å². The molecule has 0 aromatic heterocycles. The number of nitrogens with zero attached hydrogens (tertiary/aromatic N) is 4. The molecule has 1 fully saturated rings. The van der Waals surface area contributed by atoms with Crippen LogP contribution in [0.4, 0.5) is 11.4 Å². The van der Waals surface area contributed by atoms with E-state index in [1.165, 1.54) is 12.6 Å². The van der Waals surface area contributed by atoms with E-state index in [1.807, 2.05) is 17.0 Å². The number of benzene rings is 1. The molecule has 2 amide bonds. The zero-order chi connectivity index (χ0) is 19.8. The normalized spacial score (nSPS) is 14.9. The Labute approximate surface area is 163 Å². The molecule has 150 valence electrons. The van der Waals surface area contributed by atoms with Crippen LogP contribution in [0.2, 0.25) is 0 Å². The summed E-state index contributed by atoms with van der Waals surface area (Å²) in [5.74, 6) is -0.0966. The number of rotatable bonds is 8. The van der Waals surface area contributed by atoms with Crippen LogP contribution in [0.25, 0.3) is 0 Å². The quantitative estimate of drug-likeness (QED) is 0.701. The number of carbonyl (C=O) groups excluding carboxylic acids is 2. The lowest BCUT2D eigenvalue weighted by Crippen LogP contribution is -2.44. The summed E-state index contributed by atoms with van der Waals surface area (Å²) in [6, 6.07) is 8.01. The van der Waals surface area contributed by atoms with Crippen LogP contribution < -0.4 is 9.80 Å². The molecular formula is C21H34N4O2. The van der Waals surface area contributed by atoms with Crippen molar-refractivity contribution in [2.75, 3.05) is 62.7 Å². The molecule has 1 aromatic carbocycles. The van der Waals surface area contributed by atoms with Gasteiger partial charge in [-0.25, -0.2) is 0 Å². The molecule has 1 aliphatic heterocycles. The molecule has 0 bridgehead atoms. The van der Waals surface area contributed by atoms with E-state index in [4.69, 9.17) is 0 Å². The van der Waals surface area contributed by atoms with Gasteiger partial charge in [-0.05, 0) is 44.2 Å². The highest BCUT2D eigenvalue weighted by molar-refractivity contribution is 5.97. The smallest absolute Gasteiger partial charge is 0.242 e. The largest absolute Gasteiger partial charge is 0.369 e. The lowest BCUT2D eigenvalue weighted by atomic mass is 10.2. The summed E-state index contributed by atoms with van der Waals surface area (Å²) in [5.41, 5.74) is 1.95. The van der Waals surface area contributed by atoms with Crippen molar-refractivity contribution >= 4 is 23.2 Å². The van der Waals surface area contributed by atoms with Crippen molar-refractivity contribution in [2.24, 2.45) is 0 Å². The number of hydrogen-bond acceptors (Lipinski definition) is 4. The van der Waals surface area contributed by atoms with Gasteiger partial charge in [-0.1, -0.05) is 13.8 Å². The van der Waals surface area contributed by atoms with Crippen LogP contribution in [-0.4, -0.2) is 74.5 Å². The second kappa shape index (κ2) is 10.3. The van der Waals surface area contributed by atoms with Crippen molar-refractivity contribution < 1.29 is 9.59 Å². The Bertz CT molecular complexity index is 603. The van der Waals surface area contributed by atoms with Crippen molar-refractivity contribution in [3.63, 3.8) is 0 Å². The van der Waals surface area contributed by atoms with Crippen LogP contribution in [0.15, 0.2) is 24.3 Å². The molecule has 1 saturated heterocycles. The Morgan fingerprint density at radius 2 is 1.52 bits per heavy atom. The first-order valence-electron chi connectivity index (χ1n) is 10.1. The van der Waals surface area contributed by atoms with Crippen molar-refractivity contribution in [2.45, 2.75) is 33.6 Å². The summed E-state index contributed by atoms with van der Waals surface area (Å²) in [4.78, 5) is 33.0. The average molecular weight is 375 g/mol. The highest BCUT2D eigenvalue weighted by Gasteiger charge is 2.20. The first kappa shape index (κ1) is 21.2. The predicted molar refractivity (Wildman–Crippen MR) is 111 cm³/mol. The molecule has 0 atom stereocenters. The minimum atomic E-state index is -0.108. The Kier molecular flexibility index (Phi) is 8.10. The Morgan fingerprint density at radius 1 is 0.963 bits per heavy atom. The predicted octanol–water partition coefficient (Wildman–Crippen LogP) is 2.44. The summed E-state index contributed by atoms with van der Waals surface area (Å²) in [6.45, 7) is 11.4. The number of amides is 2. The molecule has 0 N–H and O–H groups in total. The Hall–Kier alpha value is -2.08. The van der Waals surface area contributed by atoms with Gasteiger partial charge in [-0.15, -0.1) is 0 Å². The third-order valence-corrected chi connectivity index (χ3v) is 5.04. The van der Waals surface area contributed by atoms with Crippen LogP contribution in [0.1, 0.15) is 33.6 Å². The molecule has 1 aliphatic rings. The van der Waals surface area contributed by atoms with Gasteiger partial charge < -0.3 is 19.6 Å². The number of carbonyl (C=O) groups is 2. The van der Waals surface area contributed by atoms with Gasteiger partial charge in [0, 0.05) is 57.6 Å². The second-order valence-corrected chi connectivity index (χ2v) is 7.29. The standard InChI is InChI=1S/C21H34N4O2/c1-5-11-24(12-6-2)21(27)17-25(18(3)26)20-9-7-19(8-10-20)23-15-13-22(4)14-16-23/h7-10H,5-6,11-17H2,1-4H3. The zero-order valence-corrected chi connectivity index (χ0v) is 17.3. The average Bonchev–Trinajstić information content (AvgIpc) is 2.66. The summed E-state index contributed by atoms with van der Waals surface area (Å²) in [5, 5.41) is 0. The third kappa shape index (κ3) is 5.96. The van der Waals surface area contributed by atoms with Gasteiger partial charge in [0.1, 0.15) is 6.54 Å². The van der Waals surface area contributed by atoms with E-state index in [2.05, 4.69) is 42.8 Å². The summed E-state index contributed by atoms with van der Waals surface area (Å²) < 4.78 is 0. The summed E-state index contributed by atoms with van der Waals surface area (Å²) >= 11 is 0. The lowest BCUT2D eigenvalue weighted by molar-refractivity contribution is -0.131. The fourth-order valence-electron chi connectivity index (χ4n) is 3.43. The van der Waals surface area contributed by atoms with Gasteiger partial charge in [0.2, 0.25) is 11.8 Å². The van der Waals surface area contributed by atoms with E-state index in [9.17, 15) is 9.59 Å². The van der Waals surface area contributed by atoms with E-state index in [0.29, 0.717) is 0 Å². The number of likely N-dealkylation sites (N-methyl/N-ethyl adjacent to an activating group) is 1. The molecule has 0 aliphatic carbocycles.